The lowest BCUT2D eigenvalue weighted by molar-refractivity contribution is 0.102. The number of carbonyl (C=O) groups excluding carboxylic acids is 1. The molecule has 0 bridgehead atoms. The summed E-state index contributed by atoms with van der Waals surface area (Å²) < 4.78 is 0. The molecule has 1 aromatic heterocycles. The summed E-state index contributed by atoms with van der Waals surface area (Å²) >= 11 is 6.33. The van der Waals surface area contributed by atoms with Crippen molar-refractivity contribution in [2.75, 3.05) is 17.3 Å². The second kappa shape index (κ2) is 7.11. The van der Waals surface area contributed by atoms with E-state index in [4.69, 9.17) is 11.6 Å². The topological polar surface area (TPSA) is 45.2 Å². The van der Waals surface area contributed by atoms with Crippen LogP contribution in [0.3, 0.4) is 0 Å². The number of carbonyl (C=O) groups is 1. The zero-order valence-electron chi connectivity index (χ0n) is 14.5. The quantitative estimate of drug-likeness (QED) is 0.719. The number of pyridine rings is 1. The first kappa shape index (κ1) is 17.2. The lowest BCUT2D eigenvalue weighted by Crippen LogP contribution is -2.25. The highest BCUT2D eigenvalue weighted by Crippen LogP contribution is 2.25. The molecule has 0 aliphatic rings. The van der Waals surface area contributed by atoms with Gasteiger partial charge in [0.2, 0.25) is 0 Å². The molecule has 0 saturated heterocycles. The number of anilines is 2. The third-order valence-electron chi connectivity index (χ3n) is 4.23. The molecule has 4 nitrogen and oxygen atoms in total. The van der Waals surface area contributed by atoms with E-state index in [1.807, 2.05) is 49.5 Å². The normalized spacial score (nSPS) is 10.9. The standard InChI is InChI=1S/C20H20ClN3O/c1-13(2)24(3)16-8-9-17(18(21)11-16)20(25)23-15-10-14-6-4-5-7-19(14)22-12-15/h4-13H,1-3H3,(H,23,25). The lowest BCUT2D eigenvalue weighted by atomic mass is 10.1. The van der Waals surface area contributed by atoms with Crippen LogP contribution in [-0.4, -0.2) is 24.0 Å². The zero-order chi connectivity index (χ0) is 18.0. The molecule has 2 aromatic carbocycles. The van der Waals surface area contributed by atoms with Gasteiger partial charge in [-0.25, -0.2) is 0 Å². The van der Waals surface area contributed by atoms with E-state index < -0.39 is 0 Å². The van der Waals surface area contributed by atoms with E-state index in [9.17, 15) is 4.79 Å². The van der Waals surface area contributed by atoms with E-state index >= 15 is 0 Å². The fourth-order valence-corrected chi connectivity index (χ4v) is 2.80. The molecule has 3 rings (SSSR count). The molecular formula is C20H20ClN3O. The van der Waals surface area contributed by atoms with Crippen LogP contribution in [0.2, 0.25) is 5.02 Å². The molecule has 0 atom stereocenters. The minimum Gasteiger partial charge on any atom is -0.372 e. The van der Waals surface area contributed by atoms with Crippen molar-refractivity contribution in [1.82, 2.24) is 4.98 Å². The molecule has 0 aliphatic carbocycles. The highest BCUT2D eigenvalue weighted by Gasteiger charge is 2.14. The average Bonchev–Trinajstić information content (AvgIpc) is 2.60. The Morgan fingerprint density at radius 3 is 2.64 bits per heavy atom. The molecule has 0 saturated carbocycles. The first-order chi connectivity index (χ1) is 12.0. The van der Waals surface area contributed by atoms with Gasteiger partial charge in [0, 0.05) is 24.2 Å². The molecule has 25 heavy (non-hydrogen) atoms. The number of hydrogen-bond acceptors (Lipinski definition) is 3. The van der Waals surface area contributed by atoms with Gasteiger partial charge >= 0.3 is 0 Å². The Hall–Kier alpha value is -2.59. The average molecular weight is 354 g/mol. The Morgan fingerprint density at radius 2 is 1.92 bits per heavy atom. The Labute approximate surface area is 152 Å². The summed E-state index contributed by atoms with van der Waals surface area (Å²) in [5, 5.41) is 4.26. The summed E-state index contributed by atoms with van der Waals surface area (Å²) in [6.45, 7) is 4.20. The molecule has 0 radical (unpaired) electrons. The third-order valence-corrected chi connectivity index (χ3v) is 4.54. The van der Waals surface area contributed by atoms with E-state index in [-0.39, 0.29) is 5.91 Å². The van der Waals surface area contributed by atoms with Gasteiger partial charge in [-0.3, -0.25) is 9.78 Å². The minimum atomic E-state index is -0.249. The van der Waals surface area contributed by atoms with Gasteiger partial charge < -0.3 is 10.2 Å². The van der Waals surface area contributed by atoms with E-state index in [0.29, 0.717) is 22.3 Å². The van der Waals surface area contributed by atoms with E-state index in [1.54, 1.807) is 12.3 Å². The predicted octanol–water partition coefficient (Wildman–Crippen LogP) is 4.99. The summed E-state index contributed by atoms with van der Waals surface area (Å²) in [5.41, 5.74) is 2.95. The number of halogens is 1. The van der Waals surface area contributed by atoms with Crippen molar-refractivity contribution in [3.05, 3.63) is 65.3 Å². The fraction of sp³-hybridized carbons (Fsp3) is 0.200. The van der Waals surface area contributed by atoms with Gasteiger partial charge in [0.15, 0.2) is 0 Å². The van der Waals surface area contributed by atoms with Crippen molar-refractivity contribution < 1.29 is 4.79 Å². The van der Waals surface area contributed by atoms with Crippen LogP contribution < -0.4 is 10.2 Å². The number of para-hydroxylation sites is 1. The second-order valence-electron chi connectivity index (χ2n) is 6.24. The number of benzene rings is 2. The molecule has 5 heteroatoms. The highest BCUT2D eigenvalue weighted by atomic mass is 35.5. The Morgan fingerprint density at radius 1 is 1.16 bits per heavy atom. The SMILES string of the molecule is CC(C)N(C)c1ccc(C(=O)Nc2cnc3ccccc3c2)c(Cl)c1. The number of nitrogens with one attached hydrogen (secondary N) is 1. The predicted molar refractivity (Wildman–Crippen MR) is 105 cm³/mol. The summed E-state index contributed by atoms with van der Waals surface area (Å²) in [7, 11) is 2.00. The summed E-state index contributed by atoms with van der Waals surface area (Å²) in [6, 6.07) is 15.5. The van der Waals surface area contributed by atoms with Crippen LogP contribution in [0.15, 0.2) is 54.7 Å². The third kappa shape index (κ3) is 3.74. The van der Waals surface area contributed by atoms with Crippen LogP contribution in [0.25, 0.3) is 10.9 Å². The van der Waals surface area contributed by atoms with Crippen molar-refractivity contribution in [2.24, 2.45) is 0 Å². The number of aromatic nitrogens is 1. The van der Waals surface area contributed by atoms with Gasteiger partial charge in [0.05, 0.1) is 28.0 Å². The smallest absolute Gasteiger partial charge is 0.257 e. The summed E-state index contributed by atoms with van der Waals surface area (Å²) in [5.74, 6) is -0.249. The van der Waals surface area contributed by atoms with Crippen LogP contribution in [0.1, 0.15) is 24.2 Å². The van der Waals surface area contributed by atoms with E-state index in [0.717, 1.165) is 16.6 Å². The van der Waals surface area contributed by atoms with Crippen molar-refractivity contribution in [1.29, 1.82) is 0 Å². The first-order valence-corrected chi connectivity index (χ1v) is 8.52. The Kier molecular flexibility index (Phi) is 4.91. The monoisotopic (exact) mass is 353 g/mol. The number of amides is 1. The van der Waals surface area contributed by atoms with Gasteiger partial charge in [0.1, 0.15) is 0 Å². The number of nitrogens with zero attached hydrogens (tertiary/aromatic N) is 2. The van der Waals surface area contributed by atoms with Crippen molar-refractivity contribution in [3.63, 3.8) is 0 Å². The molecule has 128 valence electrons. The van der Waals surface area contributed by atoms with Gasteiger partial charge in [-0.2, -0.15) is 0 Å². The molecule has 0 fully saturated rings. The maximum Gasteiger partial charge on any atom is 0.257 e. The van der Waals surface area contributed by atoms with Gasteiger partial charge in [0.25, 0.3) is 5.91 Å². The maximum absolute atomic E-state index is 12.5. The molecule has 1 heterocycles. The fourth-order valence-electron chi connectivity index (χ4n) is 2.54. The minimum absolute atomic E-state index is 0.249. The first-order valence-electron chi connectivity index (χ1n) is 8.14. The van der Waals surface area contributed by atoms with Crippen LogP contribution in [-0.2, 0) is 0 Å². The Bertz CT molecular complexity index is 924. The molecular weight excluding hydrogens is 334 g/mol. The Balaban J connectivity index is 1.82. The molecule has 1 amide bonds. The molecule has 0 spiro atoms. The number of rotatable bonds is 4. The van der Waals surface area contributed by atoms with Crippen molar-refractivity contribution in [2.45, 2.75) is 19.9 Å². The summed E-state index contributed by atoms with van der Waals surface area (Å²) in [6.07, 6.45) is 1.65. The van der Waals surface area contributed by atoms with Gasteiger partial charge in [-0.15, -0.1) is 0 Å². The number of hydrogen-bond donors (Lipinski definition) is 1. The van der Waals surface area contributed by atoms with Crippen LogP contribution in [0, 0.1) is 0 Å². The van der Waals surface area contributed by atoms with Crippen LogP contribution in [0.5, 0.6) is 0 Å². The lowest BCUT2D eigenvalue weighted by Gasteiger charge is -2.24. The number of fused-ring (bicyclic) bond motifs is 1. The second-order valence-corrected chi connectivity index (χ2v) is 6.65. The van der Waals surface area contributed by atoms with Crippen molar-refractivity contribution in [3.8, 4) is 0 Å². The van der Waals surface area contributed by atoms with E-state index in [2.05, 4.69) is 29.0 Å². The van der Waals surface area contributed by atoms with Crippen LogP contribution in [0.4, 0.5) is 11.4 Å². The van der Waals surface area contributed by atoms with Crippen molar-refractivity contribution >= 4 is 39.8 Å². The molecule has 0 unspecified atom stereocenters. The molecule has 3 aromatic rings. The zero-order valence-corrected chi connectivity index (χ0v) is 15.2. The van der Waals surface area contributed by atoms with Gasteiger partial charge in [-0.05, 0) is 44.2 Å². The van der Waals surface area contributed by atoms with Gasteiger partial charge in [-0.1, -0.05) is 29.8 Å². The molecule has 1 N–H and O–H groups in total. The summed E-state index contributed by atoms with van der Waals surface area (Å²) in [4.78, 5) is 19.0. The molecule has 0 aliphatic heterocycles. The highest BCUT2D eigenvalue weighted by molar-refractivity contribution is 6.34. The maximum atomic E-state index is 12.5. The van der Waals surface area contributed by atoms with E-state index in [1.165, 1.54) is 0 Å². The largest absolute Gasteiger partial charge is 0.372 e. The van der Waals surface area contributed by atoms with Crippen LogP contribution >= 0.6 is 11.6 Å².